The Hall–Kier alpha value is -4.46. The summed E-state index contributed by atoms with van der Waals surface area (Å²) >= 11 is 0. The summed E-state index contributed by atoms with van der Waals surface area (Å²) in [4.78, 5) is 31.9. The standard InChI is InChI=1S/C26H19FN2O5/c1-33-19-8-4-5-16-13-20(34-25(16)19)23(30)21-22(17-6-2-3-7-18(17)27)29(26(32)24(21)31)14-15-9-11-28-12-10-15/h2-13,22,31H,14H2,1H3. The number of amides is 1. The predicted octanol–water partition coefficient (Wildman–Crippen LogP) is 4.75. The van der Waals surface area contributed by atoms with Crippen LogP contribution in [0.3, 0.4) is 0 Å². The minimum absolute atomic E-state index is 0.0369. The number of halogens is 1. The zero-order chi connectivity index (χ0) is 23.8. The summed E-state index contributed by atoms with van der Waals surface area (Å²) in [6.07, 6.45) is 3.13. The van der Waals surface area contributed by atoms with E-state index in [1.54, 1.807) is 48.8 Å². The number of aliphatic hydroxyl groups is 1. The average molecular weight is 458 g/mol. The topological polar surface area (TPSA) is 92.9 Å². The summed E-state index contributed by atoms with van der Waals surface area (Å²) in [5.74, 6) is -2.49. The van der Waals surface area contributed by atoms with Crippen LogP contribution in [0.25, 0.3) is 11.0 Å². The second kappa shape index (κ2) is 8.47. The first-order chi connectivity index (χ1) is 16.5. The average Bonchev–Trinajstić information content (AvgIpc) is 3.40. The number of aliphatic hydroxyl groups excluding tert-OH is 1. The van der Waals surface area contributed by atoms with Crippen molar-refractivity contribution in [2.75, 3.05) is 7.11 Å². The molecule has 1 unspecified atom stereocenters. The molecule has 4 aromatic rings. The number of Topliss-reactive ketones (excluding diaryl/α,β-unsaturated/α-hetero) is 1. The van der Waals surface area contributed by atoms with Crippen molar-refractivity contribution < 1.29 is 28.2 Å². The maximum Gasteiger partial charge on any atom is 0.290 e. The Morgan fingerprint density at radius 3 is 2.65 bits per heavy atom. The fourth-order valence-corrected chi connectivity index (χ4v) is 4.20. The van der Waals surface area contributed by atoms with Gasteiger partial charge in [-0.05, 0) is 35.9 Å². The van der Waals surface area contributed by atoms with E-state index < -0.39 is 29.3 Å². The third-order valence-electron chi connectivity index (χ3n) is 5.80. The van der Waals surface area contributed by atoms with Gasteiger partial charge in [-0.3, -0.25) is 14.6 Å². The minimum atomic E-state index is -1.15. The molecule has 3 heterocycles. The van der Waals surface area contributed by atoms with Crippen LogP contribution in [-0.2, 0) is 11.3 Å². The molecule has 1 atom stereocenters. The summed E-state index contributed by atoms with van der Waals surface area (Å²) in [7, 11) is 1.48. The van der Waals surface area contributed by atoms with Crippen LogP contribution in [0.1, 0.15) is 27.7 Å². The number of ketones is 1. The van der Waals surface area contributed by atoms with Crippen LogP contribution in [0.15, 0.2) is 88.8 Å². The van der Waals surface area contributed by atoms with Gasteiger partial charge in [-0.15, -0.1) is 0 Å². The molecule has 0 fully saturated rings. The van der Waals surface area contributed by atoms with Crippen LogP contribution >= 0.6 is 0 Å². The largest absolute Gasteiger partial charge is 0.503 e. The molecule has 5 rings (SSSR count). The van der Waals surface area contributed by atoms with Crippen molar-refractivity contribution in [2.24, 2.45) is 0 Å². The third kappa shape index (κ3) is 3.49. The Kier molecular flexibility index (Phi) is 5.33. The number of ether oxygens (including phenoxy) is 1. The fourth-order valence-electron chi connectivity index (χ4n) is 4.20. The summed E-state index contributed by atoms with van der Waals surface area (Å²) in [5.41, 5.74) is 0.904. The number of pyridine rings is 1. The SMILES string of the molecule is COc1cccc2cc(C(=O)C3=C(O)C(=O)N(Cc4ccncc4)C3c3ccccc3F)oc12. The summed E-state index contributed by atoms with van der Waals surface area (Å²) in [6, 6.07) is 14.8. The number of aromatic nitrogens is 1. The Morgan fingerprint density at radius 1 is 1.15 bits per heavy atom. The second-order valence-electron chi connectivity index (χ2n) is 7.79. The number of furan rings is 1. The molecule has 1 amide bonds. The Labute approximate surface area is 193 Å². The second-order valence-corrected chi connectivity index (χ2v) is 7.79. The van der Waals surface area contributed by atoms with E-state index in [1.807, 2.05) is 0 Å². The van der Waals surface area contributed by atoms with Crippen LogP contribution < -0.4 is 4.74 Å². The highest BCUT2D eigenvalue weighted by Gasteiger charge is 2.45. The maximum absolute atomic E-state index is 14.9. The molecule has 170 valence electrons. The number of carbonyl (C=O) groups excluding carboxylic acids is 2. The molecule has 2 aromatic carbocycles. The van der Waals surface area contributed by atoms with E-state index in [1.165, 1.54) is 36.3 Å². The first-order valence-electron chi connectivity index (χ1n) is 10.5. The zero-order valence-electron chi connectivity index (χ0n) is 18.1. The van der Waals surface area contributed by atoms with Crippen molar-refractivity contribution in [2.45, 2.75) is 12.6 Å². The lowest BCUT2D eigenvalue weighted by atomic mass is 9.94. The normalized spacial score (nSPS) is 15.9. The lowest BCUT2D eigenvalue weighted by Gasteiger charge is -2.27. The van der Waals surface area contributed by atoms with Crippen molar-refractivity contribution in [3.8, 4) is 5.75 Å². The van der Waals surface area contributed by atoms with Crippen LogP contribution in [-0.4, -0.2) is 33.8 Å². The molecular formula is C26H19FN2O5. The molecule has 8 heteroatoms. The maximum atomic E-state index is 14.9. The number of hydrogen-bond donors (Lipinski definition) is 1. The first kappa shape index (κ1) is 21.4. The van der Waals surface area contributed by atoms with Gasteiger partial charge in [0.15, 0.2) is 22.9 Å². The van der Waals surface area contributed by atoms with Crippen molar-refractivity contribution >= 4 is 22.7 Å². The molecular weight excluding hydrogens is 439 g/mol. The molecule has 0 aliphatic carbocycles. The van der Waals surface area contributed by atoms with Gasteiger partial charge in [-0.1, -0.05) is 30.3 Å². The monoisotopic (exact) mass is 458 g/mol. The molecule has 34 heavy (non-hydrogen) atoms. The lowest BCUT2D eigenvalue weighted by Crippen LogP contribution is -2.31. The predicted molar refractivity (Wildman–Crippen MR) is 121 cm³/mol. The number of rotatable bonds is 6. The van der Waals surface area contributed by atoms with Crippen LogP contribution in [0.5, 0.6) is 5.75 Å². The van der Waals surface area contributed by atoms with Gasteiger partial charge in [0.25, 0.3) is 5.91 Å². The Bertz CT molecular complexity index is 1440. The van der Waals surface area contributed by atoms with Gasteiger partial charge in [-0.25, -0.2) is 4.39 Å². The van der Waals surface area contributed by atoms with Crippen molar-refractivity contribution in [3.63, 3.8) is 0 Å². The van der Waals surface area contributed by atoms with E-state index >= 15 is 0 Å². The van der Waals surface area contributed by atoms with E-state index in [-0.39, 0.29) is 23.4 Å². The molecule has 0 radical (unpaired) electrons. The summed E-state index contributed by atoms with van der Waals surface area (Å²) in [5, 5.41) is 11.4. The summed E-state index contributed by atoms with van der Waals surface area (Å²) in [6.45, 7) is 0.0369. The zero-order valence-corrected chi connectivity index (χ0v) is 18.1. The van der Waals surface area contributed by atoms with Crippen molar-refractivity contribution in [1.82, 2.24) is 9.88 Å². The van der Waals surface area contributed by atoms with Gasteiger partial charge in [-0.2, -0.15) is 0 Å². The van der Waals surface area contributed by atoms with Gasteiger partial charge in [0.2, 0.25) is 5.78 Å². The van der Waals surface area contributed by atoms with Crippen LogP contribution in [0.2, 0.25) is 0 Å². The molecule has 1 N–H and O–H groups in total. The highest BCUT2D eigenvalue weighted by Crippen LogP contribution is 2.41. The molecule has 1 aliphatic rings. The third-order valence-corrected chi connectivity index (χ3v) is 5.80. The van der Waals surface area contributed by atoms with Crippen LogP contribution in [0, 0.1) is 5.82 Å². The number of carbonyl (C=O) groups is 2. The van der Waals surface area contributed by atoms with E-state index in [0.717, 1.165) is 0 Å². The number of fused-ring (bicyclic) bond motifs is 1. The van der Waals surface area contributed by atoms with E-state index in [2.05, 4.69) is 4.98 Å². The van der Waals surface area contributed by atoms with Gasteiger partial charge in [0.1, 0.15) is 5.82 Å². The van der Waals surface area contributed by atoms with Crippen molar-refractivity contribution in [3.05, 3.63) is 107 Å². The van der Waals surface area contributed by atoms with Crippen molar-refractivity contribution in [1.29, 1.82) is 0 Å². The van der Waals surface area contributed by atoms with Gasteiger partial charge in [0, 0.05) is 29.9 Å². The number of nitrogens with zero attached hydrogens (tertiary/aromatic N) is 2. The molecule has 2 aromatic heterocycles. The number of methoxy groups -OCH3 is 1. The minimum Gasteiger partial charge on any atom is -0.503 e. The molecule has 0 spiro atoms. The van der Waals surface area contributed by atoms with Gasteiger partial charge in [0.05, 0.1) is 18.7 Å². The summed E-state index contributed by atoms with van der Waals surface area (Å²) < 4.78 is 26.0. The molecule has 1 aliphatic heterocycles. The number of hydrogen-bond acceptors (Lipinski definition) is 6. The van der Waals surface area contributed by atoms with E-state index in [0.29, 0.717) is 22.3 Å². The molecule has 0 bridgehead atoms. The number of para-hydroxylation sites is 1. The highest BCUT2D eigenvalue weighted by atomic mass is 19.1. The van der Waals surface area contributed by atoms with E-state index in [9.17, 15) is 19.1 Å². The first-order valence-corrected chi connectivity index (χ1v) is 10.5. The number of benzene rings is 2. The van der Waals surface area contributed by atoms with Gasteiger partial charge < -0.3 is 19.2 Å². The Morgan fingerprint density at radius 2 is 1.91 bits per heavy atom. The quantitative estimate of drug-likeness (QED) is 0.419. The fraction of sp³-hybridized carbons (Fsp3) is 0.115. The molecule has 0 saturated carbocycles. The highest BCUT2D eigenvalue weighted by molar-refractivity contribution is 6.16. The lowest BCUT2D eigenvalue weighted by molar-refractivity contribution is -0.130. The molecule has 7 nitrogen and oxygen atoms in total. The van der Waals surface area contributed by atoms with Gasteiger partial charge >= 0.3 is 0 Å². The Balaban J connectivity index is 1.62. The van der Waals surface area contributed by atoms with E-state index in [4.69, 9.17) is 9.15 Å². The smallest absolute Gasteiger partial charge is 0.290 e. The molecule has 0 saturated heterocycles. The van der Waals surface area contributed by atoms with Crippen LogP contribution in [0.4, 0.5) is 4.39 Å².